The number of thiophene rings is 4. The first kappa shape index (κ1) is 71.1. The van der Waals surface area contributed by atoms with Gasteiger partial charge in [-0.1, -0.05) is 202 Å². The predicted molar refractivity (Wildman–Crippen MR) is 397 cm³/mol. The van der Waals surface area contributed by atoms with Crippen LogP contribution < -0.4 is 9.47 Å². The van der Waals surface area contributed by atoms with Crippen molar-refractivity contribution in [2.75, 3.05) is 0 Å². The van der Waals surface area contributed by atoms with E-state index in [2.05, 4.69) is 128 Å². The van der Waals surface area contributed by atoms with Crippen LogP contribution in [-0.2, 0) is 22.0 Å². The molecule has 4 unspecified atom stereocenters. The Labute approximate surface area is 576 Å². The summed E-state index contributed by atoms with van der Waals surface area (Å²) in [6.45, 7) is 41.4. The number of hydrogen-bond donors (Lipinski definition) is 0. The van der Waals surface area contributed by atoms with Gasteiger partial charge in [0.25, 0.3) is 0 Å². The predicted octanol–water partition coefficient (Wildman–Crippen LogP) is 27.3. The third kappa shape index (κ3) is 16.0. The van der Waals surface area contributed by atoms with Crippen LogP contribution >= 0.6 is 68.8 Å². The largest absolute Gasteiger partial charge is 0.481 e. The molecule has 0 radical (unpaired) electrons. The van der Waals surface area contributed by atoms with Crippen molar-refractivity contribution in [2.45, 2.75) is 275 Å². The number of rotatable bonds is 31. The van der Waals surface area contributed by atoms with Crippen LogP contribution in [0.5, 0.6) is 11.5 Å². The van der Waals surface area contributed by atoms with Crippen LogP contribution in [0.3, 0.4) is 0 Å². The quantitative estimate of drug-likeness (QED) is 0.0431. The van der Waals surface area contributed by atoms with E-state index in [4.69, 9.17) is 27.0 Å². The summed E-state index contributed by atoms with van der Waals surface area (Å²) < 4.78 is 70.2. The zero-order chi connectivity index (χ0) is 66.2. The summed E-state index contributed by atoms with van der Waals surface area (Å²) in [5.74, 6) is 6.13. The average molecular weight is 1360 g/mol. The van der Waals surface area contributed by atoms with Crippen molar-refractivity contribution in [1.29, 1.82) is 0 Å². The molecule has 0 amide bonds. The molecule has 0 saturated carbocycles. The van der Waals surface area contributed by atoms with Gasteiger partial charge in [0.05, 0.1) is 48.5 Å². The number of aromatic nitrogens is 4. The Kier molecular flexibility index (Phi) is 22.9. The minimum atomic E-state index is -0.644. The van der Waals surface area contributed by atoms with Gasteiger partial charge >= 0.3 is 0 Å². The second-order valence-corrected chi connectivity index (χ2v) is 37.6. The first-order chi connectivity index (χ1) is 43.5. The van der Waals surface area contributed by atoms with Gasteiger partial charge in [-0.3, -0.25) is 0 Å². The van der Waals surface area contributed by atoms with Crippen LogP contribution in [0, 0.1) is 59.0 Å². The number of hydrogen-bond acceptors (Lipinski definition) is 12. The van der Waals surface area contributed by atoms with Gasteiger partial charge in [0, 0.05) is 47.3 Å². The maximum absolute atomic E-state index is 18.2. The molecule has 502 valence electrons. The van der Waals surface area contributed by atoms with Gasteiger partial charge in [0.2, 0.25) is 0 Å². The van der Waals surface area contributed by atoms with Crippen molar-refractivity contribution in [1.82, 2.24) is 17.5 Å². The average Bonchev–Trinajstić information content (AvgIpc) is 1.56. The van der Waals surface area contributed by atoms with E-state index in [0.29, 0.717) is 75.0 Å². The van der Waals surface area contributed by atoms with E-state index in [1.807, 2.05) is 32.1 Å². The van der Waals surface area contributed by atoms with Crippen molar-refractivity contribution >= 4 is 90.9 Å². The van der Waals surface area contributed by atoms with E-state index in [0.717, 1.165) is 132 Å². The van der Waals surface area contributed by atoms with Gasteiger partial charge in [0.1, 0.15) is 56.4 Å². The molecule has 14 heteroatoms. The molecule has 2 aromatic carbocycles. The van der Waals surface area contributed by atoms with E-state index in [1.54, 1.807) is 46.1 Å². The monoisotopic (exact) mass is 1360 g/mol. The highest BCUT2D eigenvalue weighted by atomic mass is 32.1. The molecule has 10 rings (SSSR count). The summed E-state index contributed by atoms with van der Waals surface area (Å²) >= 11 is 9.23. The highest BCUT2D eigenvalue weighted by molar-refractivity contribution is 7.26. The molecule has 6 nitrogen and oxygen atoms in total. The van der Waals surface area contributed by atoms with Crippen LogP contribution in [0.2, 0.25) is 0 Å². The molecular formula is C78H108F2N4O2S6. The van der Waals surface area contributed by atoms with Crippen LogP contribution in [0.1, 0.15) is 275 Å². The number of halogens is 2. The second-order valence-electron chi connectivity index (χ2n) is 32.4. The Bertz CT molecular complexity index is 3710. The van der Waals surface area contributed by atoms with Gasteiger partial charge in [-0.25, -0.2) is 8.78 Å². The molecule has 2 aliphatic heterocycles. The third-order valence-electron chi connectivity index (χ3n) is 20.2. The molecule has 8 aromatic rings. The highest BCUT2D eigenvalue weighted by Gasteiger charge is 2.47. The molecule has 8 heterocycles. The van der Waals surface area contributed by atoms with E-state index in [9.17, 15) is 0 Å². The lowest BCUT2D eigenvalue weighted by Crippen LogP contribution is -2.36. The molecule has 0 fully saturated rings. The zero-order valence-electron chi connectivity index (χ0n) is 59.0. The lowest BCUT2D eigenvalue weighted by Gasteiger charge is -2.39. The van der Waals surface area contributed by atoms with E-state index in [1.165, 1.54) is 97.9 Å². The molecule has 0 aliphatic carbocycles. The fourth-order valence-corrected chi connectivity index (χ4v) is 20.7. The minimum absolute atomic E-state index is 0.0633. The Balaban J connectivity index is 1.09. The first-order valence-corrected chi connectivity index (χ1v) is 40.1. The first-order valence-electron chi connectivity index (χ1n) is 35.4. The fraction of sp³-hybridized carbons (Fsp3) is 0.641. The van der Waals surface area contributed by atoms with Crippen LogP contribution in [-0.4, -0.2) is 17.5 Å². The topological polar surface area (TPSA) is 70.0 Å². The summed E-state index contributed by atoms with van der Waals surface area (Å²) in [5.41, 5.74) is 5.94. The molecule has 4 atom stereocenters. The Hall–Kier alpha value is -3.66. The van der Waals surface area contributed by atoms with Gasteiger partial charge in [0.15, 0.2) is 0 Å². The smallest absolute Gasteiger partial charge is 0.140 e. The molecular weight excluding hydrogens is 1260 g/mol. The number of nitrogens with zero attached hydrogens (tertiary/aromatic N) is 4. The normalized spacial score (nSPS) is 18.0. The van der Waals surface area contributed by atoms with Crippen molar-refractivity contribution < 1.29 is 18.3 Å². The van der Waals surface area contributed by atoms with Gasteiger partial charge in [-0.05, 0) is 146 Å². The molecule has 0 N–H and O–H groups in total. The van der Waals surface area contributed by atoms with Crippen LogP contribution in [0.25, 0.3) is 72.9 Å². The fourth-order valence-electron chi connectivity index (χ4n) is 14.4. The highest BCUT2D eigenvalue weighted by Crippen LogP contribution is 2.62. The maximum atomic E-state index is 18.2. The summed E-state index contributed by atoms with van der Waals surface area (Å²) in [4.78, 5) is 8.57. The number of ether oxygens (including phenoxy) is 2. The summed E-state index contributed by atoms with van der Waals surface area (Å²) in [7, 11) is 0. The van der Waals surface area contributed by atoms with E-state index >= 15 is 8.78 Å². The van der Waals surface area contributed by atoms with E-state index < -0.39 is 16.6 Å². The minimum Gasteiger partial charge on any atom is -0.481 e. The number of benzene rings is 2. The molecule has 6 aromatic heterocycles. The molecule has 2 aliphatic rings. The molecule has 92 heavy (non-hydrogen) atoms. The lowest BCUT2D eigenvalue weighted by molar-refractivity contribution is 0.0322. The summed E-state index contributed by atoms with van der Waals surface area (Å²) in [6, 6.07) is 12.6. The Morgan fingerprint density at radius 2 is 0.761 bits per heavy atom. The van der Waals surface area contributed by atoms with Crippen molar-refractivity contribution in [3.05, 3.63) is 69.6 Å². The van der Waals surface area contributed by atoms with Crippen molar-refractivity contribution in [2.24, 2.45) is 47.3 Å². The second kappa shape index (κ2) is 29.6. The summed E-state index contributed by atoms with van der Waals surface area (Å²) in [5, 5.41) is 0. The lowest BCUT2D eigenvalue weighted by atomic mass is 9.78. The third-order valence-corrected chi connectivity index (χ3v) is 26.6. The van der Waals surface area contributed by atoms with Gasteiger partial charge < -0.3 is 9.47 Å². The molecule has 0 bridgehead atoms. The Morgan fingerprint density at radius 1 is 0.391 bits per heavy atom. The Morgan fingerprint density at radius 3 is 1.21 bits per heavy atom. The maximum Gasteiger partial charge on any atom is 0.140 e. The van der Waals surface area contributed by atoms with Gasteiger partial charge in [-0.15, -0.1) is 45.3 Å². The van der Waals surface area contributed by atoms with E-state index in [-0.39, 0.29) is 17.0 Å². The molecule has 0 spiro atoms. The van der Waals surface area contributed by atoms with Crippen LogP contribution in [0.4, 0.5) is 8.78 Å². The van der Waals surface area contributed by atoms with Crippen molar-refractivity contribution in [3.63, 3.8) is 0 Å². The SMILES string of the molecule is CC(C)CCCC(C)CCC1(CCC(C)CCCC(C)C)Oc2cc(-c3cc(F)c(-c4cc5c(s4)-c4sc(C(C)(C)C)cc4OC5(CCC(C)CCCC(C)C)CCC(C)CCCC(C)C)c4nsnc34)sc2-c2sc(-c3cc(F)c(C(C)(C)C)c4nsnc34)cc21. The summed E-state index contributed by atoms with van der Waals surface area (Å²) in [6.07, 6.45) is 22.3. The van der Waals surface area contributed by atoms with Gasteiger partial charge in [-0.2, -0.15) is 17.5 Å². The molecule has 0 saturated heterocycles. The zero-order valence-corrected chi connectivity index (χ0v) is 63.9. The van der Waals surface area contributed by atoms with Crippen molar-refractivity contribution in [3.8, 4) is 62.3 Å². The standard InChI is InChI=1S/C78H108F2N4O2S6/c1-45(2)23-19-27-49(9)31-35-77(36-32-50(10)28-20-24-46(3)4)55-41-61(54-40-58(80)66(76(16,17)18)70-68(54)82-92-84-70)87-71(55)73-59(85-77)43-62(88-73)53-39-57(79)65(69-67(53)81-91-83-69)63-42-56-72(89-63)74-60(44-64(90-74)75(13,14)15)86-78(56,37-33-51(11)29-21-25-47(5)6)38-34-52(12)30-22-26-48(7)8/h39-52H,19-38H2,1-18H3. The van der Waals surface area contributed by atoms with Crippen LogP contribution in [0.15, 0.2) is 36.4 Å². The number of fused-ring (bicyclic) bond motifs is 8.